The Bertz CT molecular complexity index is 305. The highest BCUT2D eigenvalue weighted by molar-refractivity contribution is 5.16. The van der Waals surface area contributed by atoms with Gasteiger partial charge in [-0.2, -0.15) is 0 Å². The van der Waals surface area contributed by atoms with Crippen LogP contribution in [0.5, 0.6) is 6.01 Å². The molecule has 0 atom stereocenters. The van der Waals surface area contributed by atoms with Crippen molar-refractivity contribution in [1.29, 1.82) is 0 Å². The predicted octanol–water partition coefficient (Wildman–Crippen LogP) is 0.693. The second-order valence-electron chi connectivity index (χ2n) is 3.12. The van der Waals surface area contributed by atoms with Crippen LogP contribution < -0.4 is 4.74 Å². The number of ether oxygens (including phenoxy) is 2. The van der Waals surface area contributed by atoms with Gasteiger partial charge in [-0.1, -0.05) is 0 Å². The molecule has 0 fully saturated rings. The van der Waals surface area contributed by atoms with E-state index in [0.29, 0.717) is 19.2 Å². The fourth-order valence-electron chi connectivity index (χ4n) is 1.06. The lowest BCUT2D eigenvalue weighted by molar-refractivity contribution is 0.168. The summed E-state index contributed by atoms with van der Waals surface area (Å²) in [5.74, 6) is 0. The monoisotopic (exact) mass is 212 g/mol. The van der Waals surface area contributed by atoms with Gasteiger partial charge in [0.25, 0.3) is 0 Å². The lowest BCUT2D eigenvalue weighted by Crippen LogP contribution is -2.05. The summed E-state index contributed by atoms with van der Waals surface area (Å²) in [4.78, 5) is 8.08. The summed E-state index contributed by atoms with van der Waals surface area (Å²) in [6.45, 7) is 2.96. The first-order valence-corrected chi connectivity index (χ1v) is 4.83. The van der Waals surface area contributed by atoms with E-state index in [0.717, 1.165) is 17.7 Å². The van der Waals surface area contributed by atoms with Crippen LogP contribution in [0.1, 0.15) is 17.7 Å². The molecule has 5 heteroatoms. The third kappa shape index (κ3) is 3.81. The second kappa shape index (κ2) is 6.31. The number of hydrogen-bond acceptors (Lipinski definition) is 5. The van der Waals surface area contributed by atoms with Crippen LogP contribution in [0.15, 0.2) is 6.20 Å². The van der Waals surface area contributed by atoms with Crippen LogP contribution in [0.3, 0.4) is 0 Å². The molecule has 1 aromatic heterocycles. The minimum absolute atomic E-state index is 0.0458. The topological polar surface area (TPSA) is 64.5 Å². The first-order valence-electron chi connectivity index (χ1n) is 4.83. The summed E-state index contributed by atoms with van der Waals surface area (Å²) in [6, 6.07) is 0.348. The van der Waals surface area contributed by atoms with E-state index in [-0.39, 0.29) is 6.61 Å². The Kier molecular flexibility index (Phi) is 5.00. The molecule has 1 aromatic rings. The molecule has 0 unspecified atom stereocenters. The minimum atomic E-state index is -0.0458. The molecule has 84 valence electrons. The highest BCUT2D eigenvalue weighted by Crippen LogP contribution is 2.08. The Hall–Kier alpha value is -1.20. The Morgan fingerprint density at radius 1 is 1.40 bits per heavy atom. The minimum Gasteiger partial charge on any atom is -0.463 e. The number of aliphatic hydroxyl groups is 1. The lowest BCUT2D eigenvalue weighted by atomic mass is 10.3. The van der Waals surface area contributed by atoms with Gasteiger partial charge in [0.2, 0.25) is 0 Å². The summed E-state index contributed by atoms with van der Waals surface area (Å²) in [5, 5.41) is 8.92. The van der Waals surface area contributed by atoms with Crippen LogP contribution in [0, 0.1) is 6.92 Å². The zero-order valence-corrected chi connectivity index (χ0v) is 9.06. The van der Waals surface area contributed by atoms with E-state index >= 15 is 0 Å². The molecule has 0 bridgehead atoms. The van der Waals surface area contributed by atoms with Crippen LogP contribution in [-0.4, -0.2) is 35.4 Å². The molecule has 0 amide bonds. The van der Waals surface area contributed by atoms with Gasteiger partial charge in [-0.25, -0.2) is 9.97 Å². The fourth-order valence-corrected chi connectivity index (χ4v) is 1.06. The Morgan fingerprint density at radius 2 is 2.20 bits per heavy atom. The van der Waals surface area contributed by atoms with Crippen molar-refractivity contribution in [3.05, 3.63) is 17.5 Å². The number of nitrogens with zero attached hydrogens (tertiary/aromatic N) is 2. The van der Waals surface area contributed by atoms with Crippen molar-refractivity contribution in [2.45, 2.75) is 20.0 Å². The number of aromatic nitrogens is 2. The molecule has 0 aromatic carbocycles. The molecule has 0 aliphatic heterocycles. The van der Waals surface area contributed by atoms with Crippen LogP contribution in [0.2, 0.25) is 0 Å². The van der Waals surface area contributed by atoms with Gasteiger partial charge >= 0.3 is 6.01 Å². The van der Waals surface area contributed by atoms with E-state index in [1.807, 2.05) is 6.92 Å². The molecular formula is C10H16N2O3. The van der Waals surface area contributed by atoms with Gasteiger partial charge in [0.1, 0.15) is 0 Å². The maximum atomic E-state index is 8.92. The van der Waals surface area contributed by atoms with E-state index in [4.69, 9.17) is 14.6 Å². The fraction of sp³-hybridized carbons (Fsp3) is 0.600. The van der Waals surface area contributed by atoms with Crippen molar-refractivity contribution >= 4 is 0 Å². The summed E-state index contributed by atoms with van der Waals surface area (Å²) >= 11 is 0. The summed E-state index contributed by atoms with van der Waals surface area (Å²) in [6.07, 6.45) is 2.38. The molecule has 0 saturated carbocycles. The average Bonchev–Trinajstić information content (AvgIpc) is 2.25. The summed E-state index contributed by atoms with van der Waals surface area (Å²) < 4.78 is 10.2. The van der Waals surface area contributed by atoms with Gasteiger partial charge < -0.3 is 14.6 Å². The van der Waals surface area contributed by atoms with Crippen molar-refractivity contribution in [2.24, 2.45) is 0 Å². The first kappa shape index (κ1) is 11.9. The molecule has 0 aliphatic carbocycles. The van der Waals surface area contributed by atoms with Crippen LogP contribution in [0.4, 0.5) is 0 Å². The van der Waals surface area contributed by atoms with Crippen molar-refractivity contribution in [1.82, 2.24) is 9.97 Å². The maximum absolute atomic E-state index is 8.92. The molecule has 1 rings (SSSR count). The van der Waals surface area contributed by atoms with Crippen LogP contribution in [0.25, 0.3) is 0 Å². The average molecular weight is 212 g/mol. The van der Waals surface area contributed by atoms with E-state index in [1.54, 1.807) is 13.3 Å². The molecule has 0 spiro atoms. The highest BCUT2D eigenvalue weighted by atomic mass is 16.5. The van der Waals surface area contributed by atoms with Gasteiger partial charge in [0.15, 0.2) is 0 Å². The van der Waals surface area contributed by atoms with Crippen molar-refractivity contribution in [2.75, 3.05) is 20.3 Å². The van der Waals surface area contributed by atoms with Crippen LogP contribution >= 0.6 is 0 Å². The Balaban J connectivity index is 2.45. The van der Waals surface area contributed by atoms with Crippen molar-refractivity contribution < 1.29 is 14.6 Å². The molecule has 0 aliphatic rings. The highest BCUT2D eigenvalue weighted by Gasteiger charge is 2.02. The zero-order valence-electron chi connectivity index (χ0n) is 9.06. The summed E-state index contributed by atoms with van der Waals surface area (Å²) in [7, 11) is 1.65. The lowest BCUT2D eigenvalue weighted by Gasteiger charge is -2.06. The molecule has 0 radical (unpaired) electrons. The molecule has 5 nitrogen and oxygen atoms in total. The molecular weight excluding hydrogens is 196 g/mol. The molecule has 15 heavy (non-hydrogen) atoms. The predicted molar refractivity (Wildman–Crippen MR) is 54.7 cm³/mol. The van der Waals surface area contributed by atoms with E-state index < -0.39 is 0 Å². The van der Waals surface area contributed by atoms with Gasteiger partial charge in [-0.05, 0) is 6.92 Å². The van der Waals surface area contributed by atoms with Gasteiger partial charge in [-0.15, -0.1) is 0 Å². The normalized spacial score (nSPS) is 10.3. The SMILES string of the molecule is COCCCOc1ncc(CO)c(C)n1. The Labute approximate surface area is 89.1 Å². The Morgan fingerprint density at radius 3 is 2.80 bits per heavy atom. The number of methoxy groups -OCH3 is 1. The third-order valence-corrected chi connectivity index (χ3v) is 1.95. The van der Waals surface area contributed by atoms with Gasteiger partial charge in [0, 0.05) is 31.9 Å². The second-order valence-corrected chi connectivity index (χ2v) is 3.12. The number of rotatable bonds is 6. The molecule has 0 saturated heterocycles. The number of hydrogen-bond donors (Lipinski definition) is 1. The van der Waals surface area contributed by atoms with E-state index in [9.17, 15) is 0 Å². The quantitative estimate of drug-likeness (QED) is 0.703. The largest absolute Gasteiger partial charge is 0.463 e. The smallest absolute Gasteiger partial charge is 0.316 e. The van der Waals surface area contributed by atoms with Gasteiger partial charge in [-0.3, -0.25) is 0 Å². The standard InChI is InChI=1S/C10H16N2O3/c1-8-9(7-13)6-11-10(12-8)15-5-3-4-14-2/h6,13H,3-5,7H2,1-2H3. The number of aliphatic hydroxyl groups excluding tert-OH is 1. The molecule has 1 heterocycles. The third-order valence-electron chi connectivity index (χ3n) is 1.95. The maximum Gasteiger partial charge on any atom is 0.316 e. The van der Waals surface area contributed by atoms with E-state index in [1.165, 1.54) is 0 Å². The summed E-state index contributed by atoms with van der Waals surface area (Å²) in [5.41, 5.74) is 1.47. The first-order chi connectivity index (χ1) is 7.27. The zero-order chi connectivity index (χ0) is 11.1. The van der Waals surface area contributed by atoms with Crippen molar-refractivity contribution in [3.8, 4) is 6.01 Å². The number of aryl methyl sites for hydroxylation is 1. The van der Waals surface area contributed by atoms with E-state index in [2.05, 4.69) is 9.97 Å². The van der Waals surface area contributed by atoms with Crippen LogP contribution in [-0.2, 0) is 11.3 Å². The van der Waals surface area contributed by atoms with Gasteiger partial charge in [0.05, 0.1) is 18.9 Å². The molecule has 1 N–H and O–H groups in total. The van der Waals surface area contributed by atoms with Crippen molar-refractivity contribution in [3.63, 3.8) is 0 Å².